The number of fused-ring (bicyclic) bond motifs is 1. The quantitative estimate of drug-likeness (QED) is 0.784. The molecule has 0 saturated heterocycles. The van der Waals surface area contributed by atoms with Crippen LogP contribution in [0, 0.1) is 0 Å². The van der Waals surface area contributed by atoms with Gasteiger partial charge in [0.25, 0.3) is 5.91 Å². The molecule has 0 aliphatic carbocycles. The second-order valence-corrected chi connectivity index (χ2v) is 5.12. The average molecular weight is 284 g/mol. The lowest BCUT2D eigenvalue weighted by molar-refractivity contribution is 0.0787. The number of aromatic nitrogens is 5. The predicted octanol–water partition coefficient (Wildman–Crippen LogP) is 1.33. The first-order valence-corrected chi connectivity index (χ1v) is 6.70. The molecule has 108 valence electrons. The van der Waals surface area contributed by atoms with Crippen LogP contribution < -0.4 is 0 Å². The minimum Gasteiger partial charge on any atom is -0.341 e. The third-order valence-electron chi connectivity index (χ3n) is 3.45. The van der Waals surface area contributed by atoms with Crippen LogP contribution in [-0.2, 0) is 0 Å². The third kappa shape index (κ3) is 2.62. The van der Waals surface area contributed by atoms with Crippen LogP contribution in [0.3, 0.4) is 0 Å². The number of carbonyl (C=O) groups is 1. The Morgan fingerprint density at radius 2 is 2.33 bits per heavy atom. The second-order valence-electron chi connectivity index (χ2n) is 5.12. The molecular weight excluding hydrogens is 268 g/mol. The van der Waals surface area contributed by atoms with E-state index < -0.39 is 0 Å². The van der Waals surface area contributed by atoms with Gasteiger partial charge in [-0.25, -0.2) is 0 Å². The Labute approximate surface area is 121 Å². The molecule has 1 amide bonds. The Morgan fingerprint density at radius 1 is 1.48 bits per heavy atom. The zero-order valence-corrected chi connectivity index (χ0v) is 11.9. The molecule has 3 rings (SSSR count). The first-order valence-electron chi connectivity index (χ1n) is 6.70. The highest BCUT2D eigenvalue weighted by atomic mass is 16.2. The summed E-state index contributed by atoms with van der Waals surface area (Å²) in [5, 5.41) is 13.9. The van der Waals surface area contributed by atoms with Gasteiger partial charge >= 0.3 is 0 Å². The van der Waals surface area contributed by atoms with Gasteiger partial charge in [-0.1, -0.05) is 18.2 Å². The summed E-state index contributed by atoms with van der Waals surface area (Å²) in [6, 6.07) is 7.74. The molecule has 3 aromatic heterocycles. The van der Waals surface area contributed by atoms with Gasteiger partial charge < -0.3 is 9.30 Å². The molecule has 0 saturated carbocycles. The van der Waals surface area contributed by atoms with Gasteiger partial charge in [-0.3, -0.25) is 4.79 Å². The first-order chi connectivity index (χ1) is 10.1. The fourth-order valence-electron chi connectivity index (χ4n) is 2.35. The number of nitrogens with zero attached hydrogens (tertiary/aromatic N) is 5. The van der Waals surface area contributed by atoms with Crippen molar-refractivity contribution in [2.24, 2.45) is 0 Å². The van der Waals surface area contributed by atoms with Crippen LogP contribution in [-0.4, -0.2) is 49.4 Å². The summed E-state index contributed by atoms with van der Waals surface area (Å²) >= 11 is 0. The highest BCUT2D eigenvalue weighted by Gasteiger charge is 2.18. The number of rotatable bonds is 4. The monoisotopic (exact) mass is 284 g/mol. The molecule has 0 aliphatic heterocycles. The van der Waals surface area contributed by atoms with Crippen molar-refractivity contribution in [1.29, 1.82) is 0 Å². The Morgan fingerprint density at radius 3 is 3.05 bits per heavy atom. The van der Waals surface area contributed by atoms with Crippen LogP contribution >= 0.6 is 0 Å². The molecular formula is C14H16N6O. The number of tetrazole rings is 1. The molecule has 0 aliphatic rings. The third-order valence-corrected chi connectivity index (χ3v) is 3.45. The summed E-state index contributed by atoms with van der Waals surface area (Å²) in [5.41, 5.74) is 1.67. The average Bonchev–Trinajstić information content (AvgIpc) is 3.15. The molecule has 3 heterocycles. The topological polar surface area (TPSA) is 79.2 Å². The summed E-state index contributed by atoms with van der Waals surface area (Å²) in [6.07, 6.45) is 3.77. The van der Waals surface area contributed by atoms with Gasteiger partial charge in [-0.2, -0.15) is 5.21 Å². The Kier molecular flexibility index (Phi) is 3.39. The lowest BCUT2D eigenvalue weighted by atomic mass is 10.1. The van der Waals surface area contributed by atoms with E-state index in [-0.39, 0.29) is 11.8 Å². The van der Waals surface area contributed by atoms with Gasteiger partial charge in [-0.05, 0) is 18.2 Å². The van der Waals surface area contributed by atoms with Gasteiger partial charge in [0.2, 0.25) is 0 Å². The lowest BCUT2D eigenvalue weighted by Crippen LogP contribution is -2.30. The van der Waals surface area contributed by atoms with Crippen molar-refractivity contribution in [2.75, 3.05) is 13.6 Å². The van der Waals surface area contributed by atoms with Crippen LogP contribution in [0.1, 0.15) is 29.0 Å². The van der Waals surface area contributed by atoms with Crippen LogP contribution in [0.4, 0.5) is 0 Å². The summed E-state index contributed by atoms with van der Waals surface area (Å²) in [4.78, 5) is 14.1. The number of hydrogen-bond donors (Lipinski definition) is 1. The minimum absolute atomic E-state index is 0.0194. The second kappa shape index (κ2) is 5.35. The minimum atomic E-state index is -0.0194. The van der Waals surface area contributed by atoms with Crippen LogP contribution in [0.15, 0.2) is 36.7 Å². The van der Waals surface area contributed by atoms with E-state index in [1.807, 2.05) is 48.0 Å². The first kappa shape index (κ1) is 13.3. The molecule has 0 aromatic carbocycles. The number of amides is 1. The van der Waals surface area contributed by atoms with Gasteiger partial charge in [0, 0.05) is 37.4 Å². The molecule has 21 heavy (non-hydrogen) atoms. The summed E-state index contributed by atoms with van der Waals surface area (Å²) in [7, 11) is 1.78. The fourth-order valence-corrected chi connectivity index (χ4v) is 2.35. The van der Waals surface area contributed by atoms with Crippen LogP contribution in [0.5, 0.6) is 0 Å². The number of H-pyrrole nitrogens is 1. The molecule has 0 radical (unpaired) electrons. The maximum absolute atomic E-state index is 12.5. The summed E-state index contributed by atoms with van der Waals surface area (Å²) < 4.78 is 1.93. The van der Waals surface area contributed by atoms with Crippen LogP contribution in [0.25, 0.3) is 5.52 Å². The molecule has 0 bridgehead atoms. The van der Waals surface area contributed by atoms with E-state index in [0.717, 1.165) is 5.52 Å². The SMILES string of the molecule is CC(CN(C)C(=O)c1cc2ccccn2c1)c1nn[nH]n1. The predicted molar refractivity (Wildman–Crippen MR) is 77.0 cm³/mol. The largest absolute Gasteiger partial charge is 0.341 e. The highest BCUT2D eigenvalue weighted by molar-refractivity contribution is 5.95. The van der Waals surface area contributed by atoms with Gasteiger partial charge in [0.1, 0.15) is 0 Å². The van der Waals surface area contributed by atoms with Crippen molar-refractivity contribution in [1.82, 2.24) is 29.9 Å². The van der Waals surface area contributed by atoms with E-state index in [9.17, 15) is 4.79 Å². The van der Waals surface area contributed by atoms with Crippen molar-refractivity contribution in [3.63, 3.8) is 0 Å². The highest BCUT2D eigenvalue weighted by Crippen LogP contribution is 2.14. The Balaban J connectivity index is 1.74. The molecule has 1 unspecified atom stereocenters. The van der Waals surface area contributed by atoms with Crippen molar-refractivity contribution in [2.45, 2.75) is 12.8 Å². The van der Waals surface area contributed by atoms with Crippen molar-refractivity contribution in [3.8, 4) is 0 Å². The van der Waals surface area contributed by atoms with E-state index in [4.69, 9.17) is 0 Å². The molecule has 1 atom stereocenters. The van der Waals surface area contributed by atoms with Crippen molar-refractivity contribution >= 4 is 11.4 Å². The molecule has 7 heteroatoms. The summed E-state index contributed by atoms with van der Waals surface area (Å²) in [6.45, 7) is 2.50. The molecule has 7 nitrogen and oxygen atoms in total. The Hall–Kier alpha value is -2.70. The van der Waals surface area contributed by atoms with E-state index in [1.165, 1.54) is 0 Å². The standard InChI is InChI=1S/C14H16N6O/c1-10(13-15-17-18-16-13)8-19(2)14(21)11-7-12-5-3-4-6-20(12)9-11/h3-7,9-10H,8H2,1-2H3,(H,15,16,17,18). The van der Waals surface area contributed by atoms with Gasteiger partial charge in [-0.15, -0.1) is 10.2 Å². The fraction of sp³-hybridized carbons (Fsp3) is 0.286. The van der Waals surface area contributed by atoms with Gasteiger partial charge in [0.05, 0.1) is 5.56 Å². The maximum atomic E-state index is 12.5. The number of aromatic amines is 1. The number of likely N-dealkylation sites (N-methyl/N-ethyl adjacent to an activating group) is 1. The van der Waals surface area contributed by atoms with E-state index in [1.54, 1.807) is 11.9 Å². The van der Waals surface area contributed by atoms with E-state index >= 15 is 0 Å². The van der Waals surface area contributed by atoms with E-state index in [2.05, 4.69) is 20.6 Å². The molecule has 3 aromatic rings. The van der Waals surface area contributed by atoms with Crippen LogP contribution in [0.2, 0.25) is 0 Å². The smallest absolute Gasteiger partial charge is 0.255 e. The van der Waals surface area contributed by atoms with Crippen molar-refractivity contribution in [3.05, 3.63) is 48.0 Å². The lowest BCUT2D eigenvalue weighted by Gasteiger charge is -2.19. The summed E-state index contributed by atoms with van der Waals surface area (Å²) in [5.74, 6) is 0.612. The zero-order chi connectivity index (χ0) is 14.8. The molecule has 0 fully saturated rings. The molecule has 0 spiro atoms. The maximum Gasteiger partial charge on any atom is 0.255 e. The zero-order valence-electron chi connectivity index (χ0n) is 11.9. The number of nitrogens with one attached hydrogen (secondary N) is 1. The van der Waals surface area contributed by atoms with Crippen molar-refractivity contribution < 1.29 is 4.79 Å². The Bertz CT molecular complexity index is 715. The number of hydrogen-bond acceptors (Lipinski definition) is 4. The van der Waals surface area contributed by atoms with Gasteiger partial charge in [0.15, 0.2) is 5.82 Å². The van der Waals surface area contributed by atoms with E-state index in [0.29, 0.717) is 17.9 Å². The number of pyridine rings is 1. The number of carbonyl (C=O) groups excluding carboxylic acids is 1. The normalized spacial score (nSPS) is 12.5. The molecule has 1 N–H and O–H groups in total.